The third-order valence-electron chi connectivity index (χ3n) is 5.92. The maximum Gasteiger partial charge on any atom is 0.194 e. The molecule has 0 aromatic heterocycles. The van der Waals surface area contributed by atoms with Crippen LogP contribution in [0.3, 0.4) is 0 Å². The van der Waals surface area contributed by atoms with Crippen molar-refractivity contribution in [3.63, 3.8) is 0 Å². The summed E-state index contributed by atoms with van der Waals surface area (Å²) in [6, 6.07) is 19.3. The van der Waals surface area contributed by atoms with Gasteiger partial charge in [0, 0.05) is 5.39 Å². The summed E-state index contributed by atoms with van der Waals surface area (Å²) >= 11 is 0. The molecule has 0 N–H and O–H groups in total. The Kier molecular flexibility index (Phi) is 7.51. The van der Waals surface area contributed by atoms with Crippen molar-refractivity contribution < 1.29 is 22.3 Å². The van der Waals surface area contributed by atoms with Gasteiger partial charge in [0.2, 0.25) is 0 Å². The molecule has 0 fully saturated rings. The van der Waals surface area contributed by atoms with Crippen LogP contribution in [0.1, 0.15) is 35.6 Å². The molecule has 0 bridgehead atoms. The lowest BCUT2D eigenvalue weighted by Crippen LogP contribution is -1.99. The second kappa shape index (κ2) is 10.7. The Hall–Kier alpha value is -3.34. The Labute approximate surface area is 197 Å². The van der Waals surface area contributed by atoms with Crippen LogP contribution in [0.15, 0.2) is 66.7 Å². The third-order valence-corrected chi connectivity index (χ3v) is 5.92. The monoisotopic (exact) mass is 466 g/mol. The quantitative estimate of drug-likeness (QED) is 0.181. The SMILES string of the molecule is CCCOc1ccc(CCc2ccc3c(F)c(CCc4cc(F)c(F)c(F)c4)ccc3c2)cc1. The molecule has 0 aliphatic rings. The standard InChI is InChI=1S/C29H26F4O/c1-2-15-34-24-12-6-19(7-13-24)3-4-20-8-14-25-23(16-20)11-10-22(28(25)32)9-5-21-17-26(30)29(33)27(31)18-21/h6-8,10-14,16-18H,2-5,9,15H2,1H3. The smallest absolute Gasteiger partial charge is 0.194 e. The van der Waals surface area contributed by atoms with Crippen LogP contribution in [0.4, 0.5) is 17.6 Å². The highest BCUT2D eigenvalue weighted by Gasteiger charge is 2.12. The van der Waals surface area contributed by atoms with E-state index in [1.165, 1.54) is 5.56 Å². The van der Waals surface area contributed by atoms with Crippen molar-refractivity contribution in [2.24, 2.45) is 0 Å². The first-order chi connectivity index (χ1) is 16.4. The first-order valence-electron chi connectivity index (χ1n) is 11.5. The first-order valence-corrected chi connectivity index (χ1v) is 11.5. The maximum absolute atomic E-state index is 15.1. The molecular formula is C29H26F4O. The minimum Gasteiger partial charge on any atom is -0.494 e. The summed E-state index contributed by atoms with van der Waals surface area (Å²) in [6.45, 7) is 2.78. The molecule has 0 radical (unpaired) electrons. The fraction of sp³-hybridized carbons (Fsp3) is 0.241. The zero-order valence-corrected chi connectivity index (χ0v) is 19.0. The zero-order chi connectivity index (χ0) is 24.1. The predicted octanol–water partition coefficient (Wildman–Crippen LogP) is 7.76. The largest absolute Gasteiger partial charge is 0.494 e. The summed E-state index contributed by atoms with van der Waals surface area (Å²) in [7, 11) is 0. The summed E-state index contributed by atoms with van der Waals surface area (Å²) in [5.74, 6) is -3.42. The number of hydrogen-bond donors (Lipinski definition) is 0. The van der Waals surface area contributed by atoms with E-state index in [1.54, 1.807) is 12.1 Å². The van der Waals surface area contributed by atoms with Gasteiger partial charge in [0.05, 0.1) is 6.61 Å². The Morgan fingerprint density at radius 2 is 1.26 bits per heavy atom. The average molecular weight is 467 g/mol. The molecule has 0 saturated carbocycles. The lowest BCUT2D eigenvalue weighted by molar-refractivity contribution is 0.317. The van der Waals surface area contributed by atoms with Gasteiger partial charge in [-0.1, -0.05) is 49.4 Å². The number of fused-ring (bicyclic) bond motifs is 1. The molecule has 0 aliphatic carbocycles. The first kappa shape index (κ1) is 23.8. The van der Waals surface area contributed by atoms with Gasteiger partial charge in [0.15, 0.2) is 17.5 Å². The van der Waals surface area contributed by atoms with Crippen LogP contribution in [0.5, 0.6) is 5.75 Å². The van der Waals surface area contributed by atoms with Gasteiger partial charge in [-0.15, -0.1) is 0 Å². The molecule has 34 heavy (non-hydrogen) atoms. The molecule has 5 heteroatoms. The summed E-state index contributed by atoms with van der Waals surface area (Å²) in [5, 5.41) is 1.32. The number of halogens is 4. The van der Waals surface area contributed by atoms with Crippen LogP contribution in [0, 0.1) is 23.3 Å². The van der Waals surface area contributed by atoms with Gasteiger partial charge in [-0.05, 0) is 84.0 Å². The van der Waals surface area contributed by atoms with E-state index in [2.05, 4.69) is 19.1 Å². The molecule has 4 rings (SSSR count). The normalized spacial score (nSPS) is 11.2. The maximum atomic E-state index is 15.1. The van der Waals surface area contributed by atoms with Crippen molar-refractivity contribution in [1.82, 2.24) is 0 Å². The van der Waals surface area contributed by atoms with Crippen LogP contribution in [0.2, 0.25) is 0 Å². The Morgan fingerprint density at radius 3 is 1.97 bits per heavy atom. The van der Waals surface area contributed by atoms with Crippen LogP contribution >= 0.6 is 0 Å². The van der Waals surface area contributed by atoms with E-state index in [-0.39, 0.29) is 24.2 Å². The number of benzene rings is 4. The van der Waals surface area contributed by atoms with Crippen molar-refractivity contribution in [1.29, 1.82) is 0 Å². The lowest BCUT2D eigenvalue weighted by Gasteiger charge is -2.10. The van der Waals surface area contributed by atoms with E-state index in [0.717, 1.165) is 48.1 Å². The minimum atomic E-state index is -1.49. The molecule has 0 amide bonds. The molecule has 0 unspecified atom stereocenters. The number of hydrogen-bond acceptors (Lipinski definition) is 1. The molecular weight excluding hydrogens is 440 g/mol. The lowest BCUT2D eigenvalue weighted by atomic mass is 9.97. The van der Waals surface area contributed by atoms with Crippen molar-refractivity contribution >= 4 is 10.8 Å². The summed E-state index contributed by atoms with van der Waals surface area (Å²) in [5.41, 5.74) is 3.06. The van der Waals surface area contributed by atoms with Gasteiger partial charge in [-0.3, -0.25) is 0 Å². The number of aryl methyl sites for hydroxylation is 4. The van der Waals surface area contributed by atoms with E-state index in [4.69, 9.17) is 4.74 Å². The second-order valence-corrected chi connectivity index (χ2v) is 8.46. The predicted molar refractivity (Wildman–Crippen MR) is 127 cm³/mol. The number of ether oxygens (including phenoxy) is 1. The van der Waals surface area contributed by atoms with Gasteiger partial charge in [-0.25, -0.2) is 17.6 Å². The molecule has 1 nitrogen and oxygen atoms in total. The molecule has 0 spiro atoms. The fourth-order valence-electron chi connectivity index (χ4n) is 4.03. The van der Waals surface area contributed by atoms with Crippen LogP contribution < -0.4 is 4.74 Å². The Balaban J connectivity index is 1.42. The summed E-state index contributed by atoms with van der Waals surface area (Å²) in [6.07, 6.45) is 3.13. The van der Waals surface area contributed by atoms with Gasteiger partial charge in [-0.2, -0.15) is 0 Å². The zero-order valence-electron chi connectivity index (χ0n) is 19.0. The number of rotatable bonds is 9. The van der Waals surface area contributed by atoms with Crippen LogP contribution in [-0.4, -0.2) is 6.61 Å². The van der Waals surface area contributed by atoms with E-state index in [0.29, 0.717) is 17.6 Å². The minimum absolute atomic E-state index is 0.205. The Morgan fingerprint density at radius 1 is 0.618 bits per heavy atom. The Bertz CT molecular complexity index is 1260. The molecule has 176 valence electrons. The van der Waals surface area contributed by atoms with Gasteiger partial charge in [0.1, 0.15) is 11.6 Å². The summed E-state index contributed by atoms with van der Waals surface area (Å²) < 4.78 is 60.7. The molecule has 4 aromatic carbocycles. The van der Waals surface area contributed by atoms with Gasteiger partial charge >= 0.3 is 0 Å². The second-order valence-electron chi connectivity index (χ2n) is 8.46. The van der Waals surface area contributed by atoms with Crippen LogP contribution in [0.25, 0.3) is 10.8 Å². The highest BCUT2D eigenvalue weighted by atomic mass is 19.2. The van der Waals surface area contributed by atoms with Crippen molar-refractivity contribution in [3.8, 4) is 5.75 Å². The van der Waals surface area contributed by atoms with E-state index >= 15 is 4.39 Å². The van der Waals surface area contributed by atoms with E-state index in [1.807, 2.05) is 30.3 Å². The fourth-order valence-corrected chi connectivity index (χ4v) is 4.03. The highest BCUT2D eigenvalue weighted by molar-refractivity contribution is 5.84. The van der Waals surface area contributed by atoms with Gasteiger partial charge in [0.25, 0.3) is 0 Å². The third kappa shape index (κ3) is 5.58. The van der Waals surface area contributed by atoms with Crippen LogP contribution in [-0.2, 0) is 25.7 Å². The van der Waals surface area contributed by atoms with Crippen molar-refractivity contribution in [3.05, 3.63) is 112 Å². The molecule has 0 aliphatic heterocycles. The topological polar surface area (TPSA) is 9.23 Å². The average Bonchev–Trinajstić information content (AvgIpc) is 2.85. The van der Waals surface area contributed by atoms with E-state index in [9.17, 15) is 13.2 Å². The molecule has 4 aromatic rings. The molecule has 0 atom stereocenters. The van der Waals surface area contributed by atoms with Gasteiger partial charge < -0.3 is 4.74 Å². The van der Waals surface area contributed by atoms with Crippen molar-refractivity contribution in [2.75, 3.05) is 6.61 Å². The molecule has 0 heterocycles. The summed E-state index contributed by atoms with van der Waals surface area (Å²) in [4.78, 5) is 0. The van der Waals surface area contributed by atoms with Crippen molar-refractivity contribution in [2.45, 2.75) is 39.0 Å². The highest BCUT2D eigenvalue weighted by Crippen LogP contribution is 2.25. The molecule has 0 saturated heterocycles. The van der Waals surface area contributed by atoms with E-state index < -0.39 is 17.5 Å².